The van der Waals surface area contributed by atoms with Gasteiger partial charge in [0.1, 0.15) is 11.3 Å². The lowest BCUT2D eigenvalue weighted by molar-refractivity contribution is -0.0267. The van der Waals surface area contributed by atoms with Crippen molar-refractivity contribution in [2.45, 2.75) is 5.92 Å². The molecule has 0 radical (unpaired) electrons. The van der Waals surface area contributed by atoms with E-state index in [9.17, 15) is 8.78 Å². The minimum Gasteiger partial charge on any atom is -0.343 e. The quantitative estimate of drug-likeness (QED) is 0.811. The predicted octanol–water partition coefficient (Wildman–Crippen LogP) is 2.85. The van der Waals surface area contributed by atoms with Crippen LogP contribution >= 0.6 is 15.9 Å². The van der Waals surface area contributed by atoms with Gasteiger partial charge in [0.2, 0.25) is 0 Å². The highest BCUT2D eigenvalue weighted by Crippen LogP contribution is 2.31. The Morgan fingerprint density at radius 3 is 2.76 bits per heavy atom. The zero-order valence-electron chi connectivity index (χ0n) is 8.70. The van der Waals surface area contributed by atoms with E-state index >= 15 is 0 Å². The molecular formula is C11H8BrF2N3. The van der Waals surface area contributed by atoms with Gasteiger partial charge in [0, 0.05) is 4.47 Å². The van der Waals surface area contributed by atoms with Crippen molar-refractivity contribution in [2.24, 2.45) is 0 Å². The zero-order chi connectivity index (χ0) is 12.0. The SMILES string of the molecule is FC1(F)CN(c2cnc3c(Br)cccc3n2)C1. The number of nitrogens with zero attached hydrogens (tertiary/aromatic N) is 3. The first kappa shape index (κ1) is 10.8. The Morgan fingerprint density at radius 2 is 2.06 bits per heavy atom. The zero-order valence-corrected chi connectivity index (χ0v) is 10.3. The van der Waals surface area contributed by atoms with Crippen molar-refractivity contribution in [2.75, 3.05) is 18.0 Å². The lowest BCUT2D eigenvalue weighted by Gasteiger charge is -2.39. The maximum absolute atomic E-state index is 12.8. The number of alkyl halides is 2. The smallest absolute Gasteiger partial charge is 0.282 e. The van der Waals surface area contributed by atoms with Crippen molar-refractivity contribution in [1.29, 1.82) is 0 Å². The molecule has 1 aliphatic rings. The number of anilines is 1. The van der Waals surface area contributed by atoms with Crippen LogP contribution in [-0.2, 0) is 0 Å². The highest BCUT2D eigenvalue weighted by Gasteiger charge is 2.44. The topological polar surface area (TPSA) is 29.0 Å². The number of para-hydroxylation sites is 1. The van der Waals surface area contributed by atoms with Crippen LogP contribution in [0.1, 0.15) is 0 Å². The Balaban J connectivity index is 1.98. The first-order valence-electron chi connectivity index (χ1n) is 5.09. The van der Waals surface area contributed by atoms with Gasteiger partial charge in [-0.1, -0.05) is 6.07 Å². The molecule has 17 heavy (non-hydrogen) atoms. The molecule has 0 amide bonds. The molecule has 0 unspecified atom stereocenters. The highest BCUT2D eigenvalue weighted by atomic mass is 79.9. The van der Waals surface area contributed by atoms with Gasteiger partial charge in [0.25, 0.3) is 5.92 Å². The van der Waals surface area contributed by atoms with Crippen molar-refractivity contribution in [1.82, 2.24) is 9.97 Å². The molecule has 0 spiro atoms. The van der Waals surface area contributed by atoms with Crippen LogP contribution in [-0.4, -0.2) is 29.0 Å². The molecule has 6 heteroatoms. The number of benzene rings is 1. The summed E-state index contributed by atoms with van der Waals surface area (Å²) in [7, 11) is 0. The second-order valence-electron chi connectivity index (χ2n) is 4.05. The normalized spacial score (nSPS) is 18.2. The Hall–Kier alpha value is -1.30. The summed E-state index contributed by atoms with van der Waals surface area (Å²) in [4.78, 5) is 10.1. The summed E-state index contributed by atoms with van der Waals surface area (Å²) in [6, 6.07) is 5.53. The Morgan fingerprint density at radius 1 is 1.29 bits per heavy atom. The van der Waals surface area contributed by atoms with Gasteiger partial charge in [-0.2, -0.15) is 0 Å². The standard InChI is InChI=1S/C11H8BrF2N3/c12-7-2-1-3-8-10(7)15-4-9(16-8)17-5-11(13,14)6-17/h1-4H,5-6H2. The molecule has 1 fully saturated rings. The largest absolute Gasteiger partial charge is 0.343 e. The Kier molecular flexibility index (Phi) is 2.29. The summed E-state index contributed by atoms with van der Waals surface area (Å²) in [5, 5.41) is 0. The molecule has 88 valence electrons. The van der Waals surface area contributed by atoms with E-state index in [1.165, 1.54) is 11.1 Å². The van der Waals surface area contributed by atoms with E-state index < -0.39 is 5.92 Å². The molecule has 2 heterocycles. The first-order valence-corrected chi connectivity index (χ1v) is 5.88. The predicted molar refractivity (Wildman–Crippen MR) is 64.4 cm³/mol. The lowest BCUT2D eigenvalue weighted by Crippen LogP contribution is -2.56. The number of rotatable bonds is 1. The molecule has 1 saturated heterocycles. The van der Waals surface area contributed by atoms with Crippen LogP contribution in [0.3, 0.4) is 0 Å². The maximum Gasteiger partial charge on any atom is 0.282 e. The molecule has 1 aliphatic heterocycles. The van der Waals surface area contributed by atoms with E-state index in [0.717, 1.165) is 9.99 Å². The number of hydrogen-bond acceptors (Lipinski definition) is 3. The van der Waals surface area contributed by atoms with Crippen LogP contribution in [0.25, 0.3) is 11.0 Å². The van der Waals surface area contributed by atoms with E-state index in [0.29, 0.717) is 11.3 Å². The third-order valence-corrected chi connectivity index (χ3v) is 3.32. The number of fused-ring (bicyclic) bond motifs is 1. The summed E-state index contributed by atoms with van der Waals surface area (Å²) in [5.74, 6) is -2.09. The second kappa shape index (κ2) is 3.60. The molecular weight excluding hydrogens is 292 g/mol. The molecule has 3 nitrogen and oxygen atoms in total. The summed E-state index contributed by atoms with van der Waals surface area (Å²) in [6.07, 6.45) is 1.53. The van der Waals surface area contributed by atoms with Gasteiger partial charge in [-0.25, -0.2) is 18.7 Å². The molecule has 1 aromatic heterocycles. The molecule has 1 aromatic carbocycles. The van der Waals surface area contributed by atoms with Crippen LogP contribution in [0.2, 0.25) is 0 Å². The van der Waals surface area contributed by atoms with E-state index in [1.54, 1.807) is 0 Å². The fourth-order valence-corrected chi connectivity index (χ4v) is 2.28. The monoisotopic (exact) mass is 299 g/mol. The fraction of sp³-hybridized carbons (Fsp3) is 0.273. The minimum absolute atomic E-state index is 0.277. The minimum atomic E-state index is -2.59. The summed E-state index contributed by atoms with van der Waals surface area (Å²) < 4.78 is 26.4. The number of hydrogen-bond donors (Lipinski definition) is 0. The lowest BCUT2D eigenvalue weighted by atomic mass is 10.1. The van der Waals surface area contributed by atoms with Crippen molar-refractivity contribution in [3.05, 3.63) is 28.9 Å². The van der Waals surface area contributed by atoms with E-state index in [4.69, 9.17) is 0 Å². The molecule has 0 bridgehead atoms. The van der Waals surface area contributed by atoms with Crippen molar-refractivity contribution >= 4 is 32.8 Å². The van der Waals surface area contributed by atoms with Crippen molar-refractivity contribution < 1.29 is 8.78 Å². The molecule has 0 saturated carbocycles. The van der Waals surface area contributed by atoms with Crippen LogP contribution in [0.4, 0.5) is 14.6 Å². The summed E-state index contributed by atoms with van der Waals surface area (Å²) in [5.41, 5.74) is 1.44. The van der Waals surface area contributed by atoms with Gasteiger partial charge in [0.15, 0.2) is 0 Å². The van der Waals surface area contributed by atoms with Gasteiger partial charge in [-0.15, -0.1) is 0 Å². The highest BCUT2D eigenvalue weighted by molar-refractivity contribution is 9.10. The molecule has 0 aliphatic carbocycles. The van der Waals surface area contributed by atoms with Gasteiger partial charge in [0.05, 0.1) is 24.8 Å². The second-order valence-corrected chi connectivity index (χ2v) is 4.90. The average Bonchev–Trinajstić information content (AvgIpc) is 2.25. The van der Waals surface area contributed by atoms with Gasteiger partial charge < -0.3 is 4.90 Å². The van der Waals surface area contributed by atoms with E-state index in [1.807, 2.05) is 18.2 Å². The van der Waals surface area contributed by atoms with Crippen LogP contribution < -0.4 is 4.90 Å². The summed E-state index contributed by atoms with van der Waals surface area (Å²) >= 11 is 3.37. The third-order valence-electron chi connectivity index (χ3n) is 2.68. The fourth-order valence-electron chi connectivity index (χ4n) is 1.82. The Labute approximate surface area is 105 Å². The number of halogens is 3. The molecule has 3 rings (SSSR count). The number of aromatic nitrogens is 2. The van der Waals surface area contributed by atoms with E-state index in [-0.39, 0.29) is 13.1 Å². The van der Waals surface area contributed by atoms with E-state index in [2.05, 4.69) is 25.9 Å². The van der Waals surface area contributed by atoms with Gasteiger partial charge in [-0.3, -0.25) is 0 Å². The Bertz CT molecular complexity index is 580. The average molecular weight is 300 g/mol. The van der Waals surface area contributed by atoms with Gasteiger partial charge in [-0.05, 0) is 28.1 Å². The van der Waals surface area contributed by atoms with Crippen molar-refractivity contribution in [3.63, 3.8) is 0 Å². The molecule has 0 atom stereocenters. The van der Waals surface area contributed by atoms with Crippen molar-refractivity contribution in [3.8, 4) is 0 Å². The first-order chi connectivity index (χ1) is 8.05. The van der Waals surface area contributed by atoms with Crippen LogP contribution in [0.5, 0.6) is 0 Å². The third kappa shape index (κ3) is 1.86. The molecule has 0 N–H and O–H groups in total. The summed E-state index contributed by atoms with van der Waals surface area (Å²) in [6.45, 7) is -0.553. The van der Waals surface area contributed by atoms with Crippen LogP contribution in [0.15, 0.2) is 28.9 Å². The molecule has 2 aromatic rings. The maximum atomic E-state index is 12.8. The van der Waals surface area contributed by atoms with Gasteiger partial charge >= 0.3 is 0 Å². The van der Waals surface area contributed by atoms with Crippen LogP contribution in [0, 0.1) is 0 Å².